The molecule has 1 aliphatic rings. The fourth-order valence-corrected chi connectivity index (χ4v) is 5.14. The summed E-state index contributed by atoms with van der Waals surface area (Å²) in [6.45, 7) is 4.69. The maximum absolute atomic E-state index is 12.1. The molecule has 124 valence electrons. The third-order valence-corrected chi connectivity index (χ3v) is 7.15. The molecule has 2 N–H and O–H groups in total. The van der Waals surface area contributed by atoms with E-state index >= 15 is 0 Å². The van der Waals surface area contributed by atoms with E-state index in [-0.39, 0.29) is 17.3 Å². The summed E-state index contributed by atoms with van der Waals surface area (Å²) < 4.78 is 12.1. The van der Waals surface area contributed by atoms with Crippen LogP contribution < -0.4 is 10.6 Å². The minimum atomic E-state index is -0.838. The maximum Gasteiger partial charge on any atom is 0.315 e. The lowest BCUT2D eigenvalue weighted by Gasteiger charge is -2.31. The molecule has 6 heteroatoms. The first kappa shape index (κ1) is 17.5. The van der Waals surface area contributed by atoms with Crippen LogP contribution in [-0.4, -0.2) is 33.8 Å². The van der Waals surface area contributed by atoms with Gasteiger partial charge < -0.3 is 10.6 Å². The van der Waals surface area contributed by atoms with Crippen LogP contribution in [0.2, 0.25) is 0 Å². The van der Waals surface area contributed by atoms with Crippen molar-refractivity contribution >= 4 is 28.2 Å². The van der Waals surface area contributed by atoms with Crippen LogP contribution in [0.25, 0.3) is 0 Å². The minimum absolute atomic E-state index is 0.0478. The summed E-state index contributed by atoms with van der Waals surface area (Å²) in [5.41, 5.74) is 0. The van der Waals surface area contributed by atoms with Gasteiger partial charge in [-0.15, -0.1) is 11.3 Å². The normalized spacial score (nSPS) is 24.5. The lowest BCUT2D eigenvalue weighted by atomic mass is 9.95. The van der Waals surface area contributed by atoms with Crippen molar-refractivity contribution in [1.29, 1.82) is 0 Å². The van der Waals surface area contributed by atoms with Gasteiger partial charge in [0.1, 0.15) is 0 Å². The molecule has 1 saturated carbocycles. The Kier molecular flexibility index (Phi) is 6.89. The van der Waals surface area contributed by atoms with Crippen molar-refractivity contribution in [2.45, 2.75) is 56.7 Å². The second-order valence-corrected chi connectivity index (χ2v) is 8.79. The van der Waals surface area contributed by atoms with Crippen LogP contribution in [0.4, 0.5) is 4.79 Å². The van der Waals surface area contributed by atoms with Crippen molar-refractivity contribution in [3.8, 4) is 0 Å². The monoisotopic (exact) mass is 342 g/mol. The van der Waals surface area contributed by atoms with E-state index in [2.05, 4.69) is 29.0 Å². The smallest absolute Gasteiger partial charge is 0.315 e. The summed E-state index contributed by atoms with van der Waals surface area (Å²) in [5.74, 6) is 0.984. The highest BCUT2D eigenvalue weighted by Crippen LogP contribution is 2.23. The highest BCUT2D eigenvalue weighted by Gasteiger charge is 2.30. The Labute approximate surface area is 139 Å². The molecule has 1 fully saturated rings. The zero-order chi connectivity index (χ0) is 15.9. The molecule has 1 aliphatic carbocycles. The van der Waals surface area contributed by atoms with Gasteiger partial charge in [-0.25, -0.2) is 4.79 Å². The standard InChI is InChI=1S/C16H26N2O2S2/c1-3-22(20)15-9-5-4-7-13(15)18-16(19)17-11-12(2)14-8-6-10-21-14/h6,8,10,12-13,15H,3-5,7,9,11H2,1-2H3,(H2,17,18,19). The second kappa shape index (κ2) is 8.67. The van der Waals surface area contributed by atoms with Crippen molar-refractivity contribution < 1.29 is 9.00 Å². The molecule has 0 bridgehead atoms. The molecule has 1 aromatic heterocycles. The van der Waals surface area contributed by atoms with Gasteiger partial charge in [0.2, 0.25) is 0 Å². The second-order valence-electron chi connectivity index (χ2n) is 5.87. The number of thiophene rings is 1. The summed E-state index contributed by atoms with van der Waals surface area (Å²) in [5, 5.41) is 8.16. The molecule has 0 radical (unpaired) electrons. The number of hydrogen-bond donors (Lipinski definition) is 2. The molecule has 4 atom stereocenters. The SMILES string of the molecule is CCS(=O)C1CCCCC1NC(=O)NCC(C)c1cccs1. The average Bonchev–Trinajstić information content (AvgIpc) is 3.07. The van der Waals surface area contributed by atoms with Gasteiger partial charge in [-0.1, -0.05) is 32.8 Å². The van der Waals surface area contributed by atoms with Gasteiger partial charge >= 0.3 is 6.03 Å². The van der Waals surface area contributed by atoms with Crippen LogP contribution in [0, 0.1) is 0 Å². The minimum Gasteiger partial charge on any atom is -0.338 e. The molecule has 1 aromatic rings. The van der Waals surface area contributed by atoms with Crippen LogP contribution in [0.1, 0.15) is 50.3 Å². The van der Waals surface area contributed by atoms with Crippen LogP contribution in [-0.2, 0) is 10.8 Å². The number of hydrogen-bond acceptors (Lipinski definition) is 3. The average molecular weight is 343 g/mol. The predicted octanol–water partition coefficient (Wildman–Crippen LogP) is 3.23. The summed E-state index contributed by atoms with van der Waals surface area (Å²) in [7, 11) is -0.838. The molecule has 4 unspecified atom stereocenters. The van der Waals surface area contributed by atoms with E-state index in [0.717, 1.165) is 25.7 Å². The van der Waals surface area contributed by atoms with E-state index in [4.69, 9.17) is 0 Å². The molecular weight excluding hydrogens is 316 g/mol. The number of rotatable bonds is 6. The van der Waals surface area contributed by atoms with Gasteiger partial charge in [0.15, 0.2) is 0 Å². The zero-order valence-electron chi connectivity index (χ0n) is 13.3. The van der Waals surface area contributed by atoms with Gasteiger partial charge in [0.05, 0.1) is 5.25 Å². The lowest BCUT2D eigenvalue weighted by molar-refractivity contribution is 0.232. The highest BCUT2D eigenvalue weighted by atomic mass is 32.2. The number of carbonyl (C=O) groups is 1. The molecule has 4 nitrogen and oxygen atoms in total. The van der Waals surface area contributed by atoms with Gasteiger partial charge in [-0.3, -0.25) is 4.21 Å². The Morgan fingerprint density at radius 1 is 1.45 bits per heavy atom. The molecule has 0 aliphatic heterocycles. The van der Waals surface area contributed by atoms with E-state index in [1.54, 1.807) is 11.3 Å². The number of amides is 2. The van der Waals surface area contributed by atoms with Crippen LogP contribution in [0.3, 0.4) is 0 Å². The van der Waals surface area contributed by atoms with E-state index < -0.39 is 10.8 Å². The number of carbonyl (C=O) groups excluding carboxylic acids is 1. The molecule has 0 saturated heterocycles. The van der Waals surface area contributed by atoms with Crippen molar-refractivity contribution in [2.24, 2.45) is 0 Å². The van der Waals surface area contributed by atoms with Gasteiger partial charge in [-0.2, -0.15) is 0 Å². The van der Waals surface area contributed by atoms with Crippen LogP contribution in [0.5, 0.6) is 0 Å². The molecule has 2 rings (SSSR count). The molecule has 0 aromatic carbocycles. The summed E-state index contributed by atoms with van der Waals surface area (Å²) >= 11 is 1.71. The van der Waals surface area contributed by atoms with Crippen molar-refractivity contribution in [2.75, 3.05) is 12.3 Å². The van der Waals surface area contributed by atoms with Gasteiger partial charge in [0.25, 0.3) is 0 Å². The van der Waals surface area contributed by atoms with Gasteiger partial charge in [0, 0.05) is 39.9 Å². The van der Waals surface area contributed by atoms with Crippen molar-refractivity contribution in [3.05, 3.63) is 22.4 Å². The molecular formula is C16H26N2O2S2. The summed E-state index contributed by atoms with van der Waals surface area (Å²) in [6.07, 6.45) is 4.11. The van der Waals surface area contributed by atoms with Crippen LogP contribution in [0.15, 0.2) is 17.5 Å². The Balaban J connectivity index is 1.81. The first-order valence-electron chi connectivity index (χ1n) is 8.06. The first-order chi connectivity index (χ1) is 10.6. The van der Waals surface area contributed by atoms with E-state index in [1.807, 2.05) is 13.0 Å². The Morgan fingerprint density at radius 2 is 2.23 bits per heavy atom. The Hall–Kier alpha value is -0.880. The molecule has 22 heavy (non-hydrogen) atoms. The summed E-state index contributed by atoms with van der Waals surface area (Å²) in [6, 6.07) is 4.04. The Bertz CT molecular complexity index is 490. The fraction of sp³-hybridized carbons (Fsp3) is 0.688. The number of urea groups is 1. The Morgan fingerprint density at radius 3 is 2.91 bits per heavy atom. The van der Waals surface area contributed by atoms with E-state index in [1.165, 1.54) is 4.88 Å². The quantitative estimate of drug-likeness (QED) is 0.834. The molecule has 2 amide bonds. The first-order valence-corrected chi connectivity index (χ1v) is 10.3. The molecule has 1 heterocycles. The third-order valence-electron chi connectivity index (χ3n) is 4.24. The van der Waals surface area contributed by atoms with Crippen LogP contribution >= 0.6 is 11.3 Å². The maximum atomic E-state index is 12.1. The third kappa shape index (κ3) is 4.81. The zero-order valence-corrected chi connectivity index (χ0v) is 15.0. The van der Waals surface area contributed by atoms with E-state index in [0.29, 0.717) is 18.2 Å². The number of nitrogens with one attached hydrogen (secondary N) is 2. The van der Waals surface area contributed by atoms with Crippen molar-refractivity contribution in [1.82, 2.24) is 10.6 Å². The predicted molar refractivity (Wildman–Crippen MR) is 94.0 cm³/mol. The van der Waals surface area contributed by atoms with Crippen molar-refractivity contribution in [3.63, 3.8) is 0 Å². The topological polar surface area (TPSA) is 58.2 Å². The highest BCUT2D eigenvalue weighted by molar-refractivity contribution is 7.85. The lowest BCUT2D eigenvalue weighted by Crippen LogP contribution is -2.50. The largest absolute Gasteiger partial charge is 0.338 e. The van der Waals surface area contributed by atoms with E-state index in [9.17, 15) is 9.00 Å². The fourth-order valence-electron chi connectivity index (χ4n) is 2.93. The molecule has 0 spiro atoms. The summed E-state index contributed by atoms with van der Waals surface area (Å²) in [4.78, 5) is 13.4. The van der Waals surface area contributed by atoms with Gasteiger partial charge in [-0.05, 0) is 24.3 Å².